The summed E-state index contributed by atoms with van der Waals surface area (Å²) in [4.78, 5) is 26.0. The van der Waals surface area contributed by atoms with Crippen LogP contribution in [-0.4, -0.2) is 50.6 Å². The van der Waals surface area contributed by atoms with Crippen LogP contribution in [-0.2, 0) is 19.6 Å². The molecule has 2 heterocycles. The SMILES string of the molecule is CCOC(=O)c1cc(-c2ccccc2)sc1NC(=O)C1CCN(S(C)(=O)=O)CC1. The molecule has 1 aromatic heterocycles. The summed E-state index contributed by atoms with van der Waals surface area (Å²) >= 11 is 1.32. The van der Waals surface area contributed by atoms with Crippen LogP contribution in [0.5, 0.6) is 0 Å². The number of benzene rings is 1. The lowest BCUT2D eigenvalue weighted by atomic mass is 9.97. The molecule has 1 amide bonds. The van der Waals surface area contributed by atoms with E-state index in [1.807, 2.05) is 30.3 Å². The smallest absolute Gasteiger partial charge is 0.341 e. The second-order valence-corrected chi connectivity index (χ2v) is 9.90. The van der Waals surface area contributed by atoms with E-state index in [2.05, 4.69) is 5.32 Å². The monoisotopic (exact) mass is 436 g/mol. The van der Waals surface area contributed by atoms with Crippen LogP contribution >= 0.6 is 11.3 Å². The number of hydrogen-bond donors (Lipinski definition) is 1. The summed E-state index contributed by atoms with van der Waals surface area (Å²) in [6.07, 6.45) is 2.07. The topological polar surface area (TPSA) is 92.8 Å². The number of carbonyl (C=O) groups excluding carboxylic acids is 2. The van der Waals surface area contributed by atoms with Crippen LogP contribution < -0.4 is 5.32 Å². The van der Waals surface area contributed by atoms with Crippen LogP contribution in [0.4, 0.5) is 5.00 Å². The average molecular weight is 437 g/mol. The van der Waals surface area contributed by atoms with E-state index in [1.165, 1.54) is 21.9 Å². The minimum Gasteiger partial charge on any atom is -0.462 e. The first-order valence-electron chi connectivity index (χ1n) is 9.42. The third-order valence-electron chi connectivity index (χ3n) is 4.82. The molecule has 0 atom stereocenters. The van der Waals surface area contributed by atoms with Gasteiger partial charge in [-0.05, 0) is 31.4 Å². The van der Waals surface area contributed by atoms with Crippen LogP contribution in [0.25, 0.3) is 10.4 Å². The molecule has 1 N–H and O–H groups in total. The maximum Gasteiger partial charge on any atom is 0.341 e. The Hall–Kier alpha value is -2.23. The number of piperidine rings is 1. The van der Waals surface area contributed by atoms with Crippen molar-refractivity contribution < 1.29 is 22.7 Å². The van der Waals surface area contributed by atoms with Gasteiger partial charge in [0.1, 0.15) is 5.00 Å². The Balaban J connectivity index is 1.78. The van der Waals surface area contributed by atoms with Crippen molar-refractivity contribution in [1.29, 1.82) is 0 Å². The third kappa shape index (κ3) is 5.23. The fraction of sp³-hybridized carbons (Fsp3) is 0.400. The molecular weight excluding hydrogens is 412 g/mol. The van der Waals surface area contributed by atoms with Crippen LogP contribution in [0.3, 0.4) is 0 Å². The van der Waals surface area contributed by atoms with Gasteiger partial charge in [0.25, 0.3) is 0 Å². The third-order valence-corrected chi connectivity index (χ3v) is 7.22. The minimum atomic E-state index is -3.24. The first kappa shape index (κ1) is 21.5. The van der Waals surface area contributed by atoms with E-state index < -0.39 is 16.0 Å². The van der Waals surface area contributed by atoms with Crippen LogP contribution in [0.15, 0.2) is 36.4 Å². The summed E-state index contributed by atoms with van der Waals surface area (Å²) in [6.45, 7) is 2.62. The summed E-state index contributed by atoms with van der Waals surface area (Å²) in [5.41, 5.74) is 1.28. The maximum absolute atomic E-state index is 12.8. The molecule has 0 bridgehead atoms. The van der Waals surface area contributed by atoms with Crippen molar-refractivity contribution in [2.45, 2.75) is 19.8 Å². The fourth-order valence-corrected chi connectivity index (χ4v) is 5.18. The second-order valence-electron chi connectivity index (χ2n) is 6.87. The summed E-state index contributed by atoms with van der Waals surface area (Å²) in [6, 6.07) is 11.3. The van der Waals surface area contributed by atoms with Gasteiger partial charge in [-0.25, -0.2) is 17.5 Å². The number of amides is 1. The molecular formula is C20H24N2O5S2. The predicted octanol–water partition coefficient (Wildman–Crippen LogP) is 3.20. The Kier molecular flexibility index (Phi) is 6.71. The number of nitrogens with zero attached hydrogens (tertiary/aromatic N) is 1. The lowest BCUT2D eigenvalue weighted by Gasteiger charge is -2.29. The van der Waals surface area contributed by atoms with Crippen molar-refractivity contribution in [3.8, 4) is 10.4 Å². The zero-order valence-electron chi connectivity index (χ0n) is 16.4. The van der Waals surface area contributed by atoms with Crippen molar-refractivity contribution in [1.82, 2.24) is 4.31 Å². The van der Waals surface area contributed by atoms with E-state index in [1.54, 1.807) is 13.0 Å². The maximum atomic E-state index is 12.8. The van der Waals surface area contributed by atoms with E-state index in [-0.39, 0.29) is 18.4 Å². The number of esters is 1. The predicted molar refractivity (Wildman–Crippen MR) is 113 cm³/mol. The standard InChI is InChI=1S/C20H24N2O5S2/c1-3-27-20(24)16-13-17(14-7-5-4-6-8-14)28-19(16)21-18(23)15-9-11-22(12-10-15)29(2,25)26/h4-8,13,15H,3,9-12H2,1-2H3,(H,21,23). The number of thiophene rings is 1. The van der Waals surface area contributed by atoms with Crippen LogP contribution in [0.1, 0.15) is 30.1 Å². The molecule has 156 valence electrons. The van der Waals surface area contributed by atoms with E-state index in [9.17, 15) is 18.0 Å². The van der Waals surface area contributed by atoms with E-state index >= 15 is 0 Å². The van der Waals surface area contributed by atoms with Gasteiger partial charge in [-0.2, -0.15) is 0 Å². The molecule has 3 rings (SSSR count). The number of rotatable bonds is 6. The average Bonchev–Trinajstić information content (AvgIpc) is 3.12. The first-order valence-corrected chi connectivity index (χ1v) is 12.1. The van der Waals surface area contributed by atoms with Gasteiger partial charge in [-0.3, -0.25) is 4.79 Å². The fourth-order valence-electron chi connectivity index (χ4n) is 3.25. The molecule has 0 unspecified atom stereocenters. The Morgan fingerprint density at radius 1 is 1.21 bits per heavy atom. The summed E-state index contributed by atoms with van der Waals surface area (Å²) in [5.74, 6) is -0.983. The Morgan fingerprint density at radius 2 is 1.86 bits per heavy atom. The Morgan fingerprint density at radius 3 is 2.45 bits per heavy atom. The molecule has 1 aliphatic heterocycles. The quantitative estimate of drug-likeness (QED) is 0.702. The molecule has 1 aromatic carbocycles. The lowest BCUT2D eigenvalue weighted by Crippen LogP contribution is -2.40. The zero-order chi connectivity index (χ0) is 21.0. The molecule has 29 heavy (non-hydrogen) atoms. The van der Waals surface area contributed by atoms with Gasteiger partial charge >= 0.3 is 5.97 Å². The number of anilines is 1. The van der Waals surface area contributed by atoms with Crippen molar-refractivity contribution in [3.05, 3.63) is 42.0 Å². The van der Waals surface area contributed by atoms with Gasteiger partial charge < -0.3 is 10.1 Å². The zero-order valence-corrected chi connectivity index (χ0v) is 18.0. The van der Waals surface area contributed by atoms with E-state index in [0.29, 0.717) is 36.5 Å². The molecule has 0 spiro atoms. The number of nitrogens with one attached hydrogen (secondary N) is 1. The highest BCUT2D eigenvalue weighted by molar-refractivity contribution is 7.88. The van der Waals surface area contributed by atoms with E-state index in [0.717, 1.165) is 10.4 Å². The summed E-state index contributed by atoms with van der Waals surface area (Å²) in [7, 11) is -3.24. The van der Waals surface area contributed by atoms with Gasteiger partial charge in [0.05, 0.1) is 18.4 Å². The van der Waals surface area contributed by atoms with Crippen molar-refractivity contribution in [3.63, 3.8) is 0 Å². The molecule has 0 radical (unpaired) electrons. The molecule has 9 heteroatoms. The number of sulfonamides is 1. The van der Waals surface area contributed by atoms with Crippen molar-refractivity contribution >= 4 is 38.2 Å². The van der Waals surface area contributed by atoms with Gasteiger partial charge in [-0.1, -0.05) is 30.3 Å². The molecule has 1 saturated heterocycles. The second kappa shape index (κ2) is 9.06. The molecule has 2 aromatic rings. The summed E-state index contributed by atoms with van der Waals surface area (Å²) < 4.78 is 29.8. The van der Waals surface area contributed by atoms with Gasteiger partial charge in [0, 0.05) is 23.9 Å². The molecule has 7 nitrogen and oxygen atoms in total. The highest BCUT2D eigenvalue weighted by Gasteiger charge is 2.30. The van der Waals surface area contributed by atoms with E-state index in [4.69, 9.17) is 4.74 Å². The first-order chi connectivity index (χ1) is 13.8. The number of carbonyl (C=O) groups is 2. The molecule has 0 saturated carbocycles. The minimum absolute atomic E-state index is 0.204. The normalized spacial score (nSPS) is 15.8. The number of ether oxygens (including phenoxy) is 1. The summed E-state index contributed by atoms with van der Waals surface area (Å²) in [5, 5.41) is 3.33. The largest absolute Gasteiger partial charge is 0.462 e. The van der Waals surface area contributed by atoms with Crippen molar-refractivity contribution in [2.24, 2.45) is 5.92 Å². The number of hydrogen-bond acceptors (Lipinski definition) is 6. The van der Waals surface area contributed by atoms with Gasteiger partial charge in [0.2, 0.25) is 15.9 Å². The highest BCUT2D eigenvalue weighted by atomic mass is 32.2. The molecule has 1 fully saturated rings. The lowest BCUT2D eigenvalue weighted by molar-refractivity contribution is -0.120. The van der Waals surface area contributed by atoms with Crippen LogP contribution in [0.2, 0.25) is 0 Å². The molecule has 0 aliphatic carbocycles. The van der Waals surface area contributed by atoms with Gasteiger partial charge in [-0.15, -0.1) is 11.3 Å². The van der Waals surface area contributed by atoms with Crippen LogP contribution in [0, 0.1) is 5.92 Å². The molecule has 1 aliphatic rings. The van der Waals surface area contributed by atoms with Crippen molar-refractivity contribution in [2.75, 3.05) is 31.3 Å². The highest BCUT2D eigenvalue weighted by Crippen LogP contribution is 2.36. The Bertz CT molecular complexity index is 978. The van der Waals surface area contributed by atoms with Gasteiger partial charge in [0.15, 0.2) is 0 Å². The Labute approximate surface area is 174 Å².